The van der Waals surface area contributed by atoms with Gasteiger partial charge in [0.15, 0.2) is 0 Å². The minimum Gasteiger partial charge on any atom is -0.459 e. The van der Waals surface area contributed by atoms with Crippen molar-refractivity contribution in [3.05, 3.63) is 47.9 Å². The Labute approximate surface area is 113 Å². The van der Waals surface area contributed by atoms with Gasteiger partial charge in [0.25, 0.3) is 0 Å². The first-order chi connectivity index (χ1) is 9.43. The van der Waals surface area contributed by atoms with Gasteiger partial charge in [-0.15, -0.1) is 0 Å². The van der Waals surface area contributed by atoms with E-state index in [0.717, 1.165) is 4.90 Å². The van der Waals surface area contributed by atoms with Crippen LogP contribution in [0.15, 0.2) is 42.3 Å². The Hall–Kier alpha value is -2.18. The predicted molar refractivity (Wildman–Crippen MR) is 63.3 cm³/mol. The van der Waals surface area contributed by atoms with Gasteiger partial charge in [0.05, 0.1) is 12.8 Å². The van der Waals surface area contributed by atoms with Gasteiger partial charge >= 0.3 is 12.3 Å². The molecule has 0 saturated carbocycles. The molecule has 0 aliphatic carbocycles. The van der Waals surface area contributed by atoms with Crippen molar-refractivity contribution >= 4 is 6.09 Å². The van der Waals surface area contributed by atoms with Crippen molar-refractivity contribution in [2.75, 3.05) is 6.61 Å². The Balaban J connectivity index is 2.30. The van der Waals surface area contributed by atoms with Gasteiger partial charge in [-0.3, -0.25) is 0 Å². The molecule has 0 bridgehead atoms. The first kappa shape index (κ1) is 14.2. The van der Waals surface area contributed by atoms with Crippen molar-refractivity contribution in [1.29, 1.82) is 0 Å². The minimum absolute atomic E-state index is 0.0615. The summed E-state index contributed by atoms with van der Waals surface area (Å²) in [6.45, 7) is 1.63. The number of carbonyl (C=O) groups is 1. The molecule has 0 spiro atoms. The Morgan fingerprint density at radius 1 is 1.35 bits per heavy atom. The van der Waals surface area contributed by atoms with E-state index in [4.69, 9.17) is 9.47 Å². The third kappa shape index (κ3) is 2.87. The van der Waals surface area contributed by atoms with Gasteiger partial charge in [-0.25, -0.2) is 9.69 Å². The number of benzene rings is 1. The number of nitrogens with zero attached hydrogens (tertiary/aromatic N) is 1. The van der Waals surface area contributed by atoms with E-state index in [1.165, 1.54) is 0 Å². The largest absolute Gasteiger partial charge is 0.459 e. The highest BCUT2D eigenvalue weighted by Gasteiger charge is 2.45. The Kier molecular flexibility index (Phi) is 3.87. The highest BCUT2D eigenvalue weighted by molar-refractivity contribution is 5.70. The standard InChI is InChI=1S/C13H12F3NO3/c1-2-19-12(18)17-8-10(13(14,15)16)20-11(17)9-6-4-3-5-7-9/h3-8,11H,2H2,1H3. The van der Waals surface area contributed by atoms with Crippen LogP contribution in [0.25, 0.3) is 0 Å². The van der Waals surface area contributed by atoms with Crippen LogP contribution in [0, 0.1) is 0 Å². The van der Waals surface area contributed by atoms with Crippen LogP contribution in [0.5, 0.6) is 0 Å². The lowest BCUT2D eigenvalue weighted by Gasteiger charge is -2.22. The van der Waals surface area contributed by atoms with Crippen molar-refractivity contribution < 1.29 is 27.4 Å². The van der Waals surface area contributed by atoms with Crippen LogP contribution in [0.3, 0.4) is 0 Å². The summed E-state index contributed by atoms with van der Waals surface area (Å²) in [5, 5.41) is 0. The normalized spacial score (nSPS) is 18.5. The number of alkyl halides is 3. The van der Waals surface area contributed by atoms with E-state index in [2.05, 4.69) is 0 Å². The molecular weight excluding hydrogens is 275 g/mol. The second-order valence-corrected chi connectivity index (χ2v) is 3.98. The molecule has 1 aromatic carbocycles. The van der Waals surface area contributed by atoms with Crippen molar-refractivity contribution in [1.82, 2.24) is 4.90 Å². The number of carbonyl (C=O) groups excluding carboxylic acids is 1. The zero-order valence-electron chi connectivity index (χ0n) is 10.6. The maximum atomic E-state index is 12.7. The summed E-state index contributed by atoms with van der Waals surface area (Å²) >= 11 is 0. The van der Waals surface area contributed by atoms with Crippen molar-refractivity contribution in [2.24, 2.45) is 0 Å². The number of allylic oxidation sites excluding steroid dienone is 1. The summed E-state index contributed by atoms with van der Waals surface area (Å²) < 4.78 is 47.7. The third-order valence-corrected chi connectivity index (χ3v) is 2.59. The number of rotatable bonds is 2. The lowest BCUT2D eigenvalue weighted by Crippen LogP contribution is -2.28. The van der Waals surface area contributed by atoms with Gasteiger partial charge < -0.3 is 9.47 Å². The second kappa shape index (κ2) is 5.44. The van der Waals surface area contributed by atoms with Gasteiger partial charge in [-0.1, -0.05) is 30.3 Å². The number of hydrogen-bond acceptors (Lipinski definition) is 3. The molecule has 0 radical (unpaired) electrons. The predicted octanol–water partition coefficient (Wildman–Crippen LogP) is 3.58. The Bertz CT molecular complexity index is 513. The van der Waals surface area contributed by atoms with E-state index in [9.17, 15) is 18.0 Å². The first-order valence-corrected chi connectivity index (χ1v) is 5.89. The summed E-state index contributed by atoms with van der Waals surface area (Å²) in [6, 6.07) is 8.15. The Morgan fingerprint density at radius 2 is 2.00 bits per heavy atom. The first-order valence-electron chi connectivity index (χ1n) is 5.89. The molecule has 20 heavy (non-hydrogen) atoms. The number of amides is 1. The van der Waals surface area contributed by atoms with E-state index in [-0.39, 0.29) is 6.61 Å². The highest BCUT2D eigenvalue weighted by Crippen LogP contribution is 2.39. The Morgan fingerprint density at radius 3 is 2.55 bits per heavy atom. The summed E-state index contributed by atoms with van der Waals surface area (Å²) in [5.41, 5.74) is 0.427. The zero-order valence-corrected chi connectivity index (χ0v) is 10.6. The summed E-state index contributed by atoms with van der Waals surface area (Å²) in [5.74, 6) is -1.22. The van der Waals surface area contributed by atoms with Gasteiger partial charge in [0, 0.05) is 5.56 Å². The van der Waals surface area contributed by atoms with E-state index in [1.54, 1.807) is 37.3 Å². The number of ether oxygens (including phenoxy) is 2. The quantitative estimate of drug-likeness (QED) is 0.834. The van der Waals surface area contributed by atoms with Crippen molar-refractivity contribution in [2.45, 2.75) is 19.3 Å². The van der Waals surface area contributed by atoms with Crippen molar-refractivity contribution in [3.63, 3.8) is 0 Å². The van der Waals surface area contributed by atoms with Crippen LogP contribution in [0.2, 0.25) is 0 Å². The number of hydrogen-bond donors (Lipinski definition) is 0. The molecule has 0 fully saturated rings. The smallest absolute Gasteiger partial charge is 0.450 e. The van der Waals surface area contributed by atoms with Gasteiger partial charge in [-0.2, -0.15) is 13.2 Å². The van der Waals surface area contributed by atoms with Gasteiger partial charge in [0.1, 0.15) is 0 Å². The molecule has 1 unspecified atom stereocenters. The second-order valence-electron chi connectivity index (χ2n) is 3.98. The average molecular weight is 287 g/mol. The zero-order chi connectivity index (χ0) is 14.8. The third-order valence-electron chi connectivity index (χ3n) is 2.59. The fraction of sp³-hybridized carbons (Fsp3) is 0.308. The molecule has 0 aromatic heterocycles. The molecule has 1 amide bonds. The van der Waals surface area contributed by atoms with E-state index in [1.807, 2.05) is 0 Å². The molecular formula is C13H12F3NO3. The summed E-state index contributed by atoms with van der Waals surface area (Å²) in [6.07, 6.45) is -6.10. The molecule has 0 N–H and O–H groups in total. The molecule has 0 saturated heterocycles. The average Bonchev–Trinajstić information content (AvgIpc) is 2.85. The van der Waals surface area contributed by atoms with Crippen LogP contribution in [-0.4, -0.2) is 23.8 Å². The van der Waals surface area contributed by atoms with Crippen LogP contribution in [0.1, 0.15) is 18.7 Å². The van der Waals surface area contributed by atoms with E-state index < -0.39 is 24.3 Å². The lowest BCUT2D eigenvalue weighted by molar-refractivity contribution is -0.138. The minimum atomic E-state index is -4.66. The molecule has 4 nitrogen and oxygen atoms in total. The summed E-state index contributed by atoms with van der Waals surface area (Å²) in [4.78, 5) is 12.5. The molecule has 1 aliphatic heterocycles. The molecule has 1 heterocycles. The fourth-order valence-electron chi connectivity index (χ4n) is 1.73. The molecule has 1 atom stereocenters. The maximum absolute atomic E-state index is 12.7. The molecule has 108 valence electrons. The van der Waals surface area contributed by atoms with Crippen LogP contribution in [-0.2, 0) is 9.47 Å². The topological polar surface area (TPSA) is 38.8 Å². The van der Waals surface area contributed by atoms with Crippen LogP contribution < -0.4 is 0 Å². The summed E-state index contributed by atoms with van der Waals surface area (Å²) in [7, 11) is 0. The van der Waals surface area contributed by atoms with Crippen LogP contribution in [0.4, 0.5) is 18.0 Å². The van der Waals surface area contributed by atoms with E-state index >= 15 is 0 Å². The lowest BCUT2D eigenvalue weighted by atomic mass is 10.2. The SMILES string of the molecule is CCOC(=O)N1C=C(C(F)(F)F)OC1c1ccccc1. The van der Waals surface area contributed by atoms with Gasteiger partial charge in [-0.05, 0) is 6.92 Å². The van der Waals surface area contributed by atoms with Crippen LogP contribution >= 0.6 is 0 Å². The van der Waals surface area contributed by atoms with Gasteiger partial charge in [0.2, 0.25) is 12.0 Å². The maximum Gasteiger partial charge on any atom is 0.450 e. The fourth-order valence-corrected chi connectivity index (χ4v) is 1.73. The molecule has 1 aliphatic rings. The highest BCUT2D eigenvalue weighted by atomic mass is 19.4. The van der Waals surface area contributed by atoms with E-state index in [0.29, 0.717) is 11.8 Å². The molecule has 1 aromatic rings. The molecule has 2 rings (SSSR count). The number of halogens is 3. The monoisotopic (exact) mass is 287 g/mol. The molecule has 7 heteroatoms. The van der Waals surface area contributed by atoms with Crippen molar-refractivity contribution in [3.8, 4) is 0 Å².